The van der Waals surface area contributed by atoms with Gasteiger partial charge in [0.05, 0.1) is 6.54 Å². The van der Waals surface area contributed by atoms with E-state index in [0.29, 0.717) is 12.5 Å². The summed E-state index contributed by atoms with van der Waals surface area (Å²) in [6.45, 7) is 2.53. The molecule has 2 aromatic rings. The van der Waals surface area contributed by atoms with Crippen LogP contribution in [0, 0.1) is 0 Å². The molecule has 0 aliphatic carbocycles. The van der Waals surface area contributed by atoms with Crippen molar-refractivity contribution in [2.75, 3.05) is 13.1 Å². The molecule has 1 aliphatic rings. The number of hydrazone groups is 1. The third kappa shape index (κ3) is 3.50. The van der Waals surface area contributed by atoms with Gasteiger partial charge in [0.2, 0.25) is 0 Å². The van der Waals surface area contributed by atoms with Gasteiger partial charge in [-0.2, -0.15) is 5.10 Å². The summed E-state index contributed by atoms with van der Waals surface area (Å²) in [5.41, 5.74) is 9.52. The Bertz CT molecular complexity index is 590. The molecule has 0 aromatic heterocycles. The maximum absolute atomic E-state index is 5.58. The zero-order valence-electron chi connectivity index (χ0n) is 12.2. The van der Waals surface area contributed by atoms with E-state index in [2.05, 4.69) is 64.9 Å². The van der Waals surface area contributed by atoms with Crippen LogP contribution in [0.25, 0.3) is 0 Å². The van der Waals surface area contributed by atoms with Crippen molar-refractivity contribution in [2.24, 2.45) is 10.8 Å². The Morgan fingerprint density at radius 1 is 1.00 bits per heavy atom. The van der Waals surface area contributed by atoms with Crippen LogP contribution in [0.5, 0.6) is 0 Å². The van der Waals surface area contributed by atoms with Gasteiger partial charge in [0.1, 0.15) is 0 Å². The van der Waals surface area contributed by atoms with E-state index >= 15 is 0 Å². The Labute approximate surface area is 126 Å². The lowest BCUT2D eigenvalue weighted by atomic mass is 9.99. The van der Waals surface area contributed by atoms with Crippen LogP contribution in [0.2, 0.25) is 0 Å². The van der Waals surface area contributed by atoms with Crippen LogP contribution in [-0.4, -0.2) is 24.3 Å². The number of hydrogen-bond acceptors (Lipinski definition) is 3. The molecule has 21 heavy (non-hydrogen) atoms. The van der Waals surface area contributed by atoms with Crippen LogP contribution in [-0.2, 0) is 13.0 Å². The zero-order chi connectivity index (χ0) is 14.5. The van der Waals surface area contributed by atoms with E-state index in [4.69, 9.17) is 5.73 Å². The Kier molecular flexibility index (Phi) is 4.31. The highest BCUT2D eigenvalue weighted by Crippen LogP contribution is 2.22. The lowest BCUT2D eigenvalue weighted by molar-refractivity contribution is 0.302. The Balaban J connectivity index is 1.60. The van der Waals surface area contributed by atoms with Gasteiger partial charge in [-0.1, -0.05) is 54.6 Å². The number of hydrogen-bond donors (Lipinski definition) is 1. The molecule has 1 atom stereocenters. The minimum Gasteiger partial charge on any atom is -0.330 e. The third-order valence-electron chi connectivity index (χ3n) is 3.87. The molecule has 108 valence electrons. The molecule has 3 nitrogen and oxygen atoms in total. The van der Waals surface area contributed by atoms with Crippen molar-refractivity contribution >= 4 is 6.21 Å². The summed E-state index contributed by atoms with van der Waals surface area (Å²) in [5, 5.41) is 6.67. The number of nitrogens with two attached hydrogens (primary N) is 1. The van der Waals surface area contributed by atoms with Crippen LogP contribution in [0.4, 0.5) is 0 Å². The van der Waals surface area contributed by atoms with Crippen molar-refractivity contribution in [2.45, 2.75) is 18.9 Å². The standard InChI is InChI=1S/C18H21N3/c19-11-10-15-6-8-17(9-7-15)18-12-20-21(14-18)13-16-4-2-1-3-5-16/h1-9,12,18H,10-11,13-14,19H2. The van der Waals surface area contributed by atoms with Crippen molar-refractivity contribution in [3.8, 4) is 0 Å². The molecular weight excluding hydrogens is 258 g/mol. The molecule has 0 fully saturated rings. The van der Waals surface area contributed by atoms with E-state index in [0.717, 1.165) is 19.5 Å². The third-order valence-corrected chi connectivity index (χ3v) is 3.87. The minimum atomic E-state index is 0.389. The van der Waals surface area contributed by atoms with Gasteiger partial charge in [0.25, 0.3) is 0 Å². The van der Waals surface area contributed by atoms with E-state index in [1.54, 1.807) is 0 Å². The summed E-state index contributed by atoms with van der Waals surface area (Å²) < 4.78 is 0. The van der Waals surface area contributed by atoms with Gasteiger partial charge in [0, 0.05) is 18.7 Å². The Morgan fingerprint density at radius 2 is 1.76 bits per heavy atom. The zero-order valence-corrected chi connectivity index (χ0v) is 12.2. The molecule has 3 rings (SSSR count). The van der Waals surface area contributed by atoms with Gasteiger partial charge < -0.3 is 5.73 Å². The van der Waals surface area contributed by atoms with Gasteiger partial charge in [-0.25, -0.2) is 0 Å². The molecule has 0 spiro atoms. The summed E-state index contributed by atoms with van der Waals surface area (Å²) in [6, 6.07) is 19.2. The van der Waals surface area contributed by atoms with E-state index in [9.17, 15) is 0 Å². The van der Waals surface area contributed by atoms with Crippen molar-refractivity contribution < 1.29 is 0 Å². The van der Waals surface area contributed by atoms with Gasteiger partial charge in [-0.15, -0.1) is 0 Å². The topological polar surface area (TPSA) is 41.6 Å². The van der Waals surface area contributed by atoms with E-state index in [-0.39, 0.29) is 0 Å². The molecule has 2 N–H and O–H groups in total. The van der Waals surface area contributed by atoms with Crippen LogP contribution >= 0.6 is 0 Å². The normalized spacial score (nSPS) is 17.4. The second kappa shape index (κ2) is 6.55. The largest absolute Gasteiger partial charge is 0.330 e. The van der Waals surface area contributed by atoms with Gasteiger partial charge in [-0.05, 0) is 29.7 Å². The first-order chi connectivity index (χ1) is 10.3. The highest BCUT2D eigenvalue weighted by molar-refractivity contribution is 5.69. The van der Waals surface area contributed by atoms with Crippen molar-refractivity contribution in [1.82, 2.24) is 5.01 Å². The lowest BCUT2D eigenvalue weighted by Gasteiger charge is -2.16. The average molecular weight is 279 g/mol. The summed E-state index contributed by atoms with van der Waals surface area (Å²) in [5.74, 6) is 0.389. The summed E-state index contributed by atoms with van der Waals surface area (Å²) >= 11 is 0. The molecule has 1 heterocycles. The van der Waals surface area contributed by atoms with E-state index < -0.39 is 0 Å². The molecule has 0 radical (unpaired) electrons. The van der Waals surface area contributed by atoms with Gasteiger partial charge in [0.15, 0.2) is 0 Å². The first-order valence-electron chi connectivity index (χ1n) is 7.47. The maximum Gasteiger partial charge on any atom is 0.0610 e. The van der Waals surface area contributed by atoms with Crippen LogP contribution < -0.4 is 5.73 Å². The second-order valence-corrected chi connectivity index (χ2v) is 5.48. The lowest BCUT2D eigenvalue weighted by Crippen LogP contribution is -2.17. The minimum absolute atomic E-state index is 0.389. The molecule has 0 amide bonds. The first kappa shape index (κ1) is 13.8. The smallest absolute Gasteiger partial charge is 0.0610 e. The summed E-state index contributed by atoms with van der Waals surface area (Å²) in [6.07, 6.45) is 3.00. The van der Waals surface area contributed by atoms with Crippen molar-refractivity contribution in [3.05, 3.63) is 71.3 Å². The molecule has 0 saturated heterocycles. The number of benzene rings is 2. The summed E-state index contributed by atoms with van der Waals surface area (Å²) in [7, 11) is 0. The number of nitrogens with zero attached hydrogens (tertiary/aromatic N) is 2. The van der Waals surface area contributed by atoms with E-state index in [1.165, 1.54) is 16.7 Å². The highest BCUT2D eigenvalue weighted by Gasteiger charge is 2.19. The monoisotopic (exact) mass is 279 g/mol. The molecule has 3 heteroatoms. The second-order valence-electron chi connectivity index (χ2n) is 5.48. The first-order valence-corrected chi connectivity index (χ1v) is 7.47. The van der Waals surface area contributed by atoms with Crippen LogP contribution in [0.1, 0.15) is 22.6 Å². The maximum atomic E-state index is 5.58. The SMILES string of the molecule is NCCc1ccc(C2C=NN(Cc3ccccc3)C2)cc1. The molecule has 1 unspecified atom stereocenters. The fourth-order valence-corrected chi connectivity index (χ4v) is 2.69. The van der Waals surface area contributed by atoms with Crippen LogP contribution in [0.15, 0.2) is 59.7 Å². The fourth-order valence-electron chi connectivity index (χ4n) is 2.69. The number of rotatable bonds is 5. The Morgan fingerprint density at radius 3 is 2.48 bits per heavy atom. The molecule has 1 aliphatic heterocycles. The summed E-state index contributed by atoms with van der Waals surface area (Å²) in [4.78, 5) is 0. The van der Waals surface area contributed by atoms with Crippen LogP contribution in [0.3, 0.4) is 0 Å². The molecule has 2 aromatic carbocycles. The van der Waals surface area contributed by atoms with Gasteiger partial charge in [-0.3, -0.25) is 5.01 Å². The quantitative estimate of drug-likeness (QED) is 0.914. The molecule has 0 saturated carbocycles. The van der Waals surface area contributed by atoms with Crippen molar-refractivity contribution in [1.29, 1.82) is 0 Å². The van der Waals surface area contributed by atoms with E-state index in [1.807, 2.05) is 6.07 Å². The Hall–Kier alpha value is -2.13. The van der Waals surface area contributed by atoms with Crippen molar-refractivity contribution in [3.63, 3.8) is 0 Å². The molecule has 0 bridgehead atoms. The highest BCUT2D eigenvalue weighted by atomic mass is 15.5. The predicted octanol–water partition coefficient (Wildman–Crippen LogP) is 2.77. The predicted molar refractivity (Wildman–Crippen MR) is 87.3 cm³/mol. The van der Waals surface area contributed by atoms with Gasteiger partial charge >= 0.3 is 0 Å². The fraction of sp³-hybridized carbons (Fsp3) is 0.278. The molecular formula is C18H21N3. The average Bonchev–Trinajstić information content (AvgIpc) is 2.98.